The van der Waals surface area contributed by atoms with Gasteiger partial charge in [-0.1, -0.05) is 19.1 Å². The summed E-state index contributed by atoms with van der Waals surface area (Å²) < 4.78 is 13.1. The van der Waals surface area contributed by atoms with Crippen molar-refractivity contribution in [2.45, 2.75) is 39.3 Å². The number of aromatic nitrogens is 1. The van der Waals surface area contributed by atoms with E-state index in [1.165, 1.54) is 18.2 Å². The van der Waals surface area contributed by atoms with Crippen molar-refractivity contribution in [3.8, 4) is 0 Å². The molecule has 0 bridgehead atoms. The molecule has 0 spiro atoms. The summed E-state index contributed by atoms with van der Waals surface area (Å²) >= 11 is 1.57. The number of rotatable bonds is 6. The molecule has 1 aromatic carbocycles. The third-order valence-corrected chi connectivity index (χ3v) is 4.45. The first kappa shape index (κ1) is 16.6. The highest BCUT2D eigenvalue weighted by atomic mass is 32.1. The number of thiazole rings is 1. The summed E-state index contributed by atoms with van der Waals surface area (Å²) in [6.45, 7) is 4.31. The number of carbonyl (C=O) groups excluding carboxylic acids is 1. The van der Waals surface area contributed by atoms with Gasteiger partial charge in [0.1, 0.15) is 5.82 Å². The lowest BCUT2D eigenvalue weighted by Crippen LogP contribution is -2.28. The van der Waals surface area contributed by atoms with E-state index in [9.17, 15) is 14.3 Å². The lowest BCUT2D eigenvalue weighted by molar-refractivity contribution is -0.129. The number of benzene rings is 1. The summed E-state index contributed by atoms with van der Waals surface area (Å²) in [6.07, 6.45) is 0.571. The summed E-state index contributed by atoms with van der Waals surface area (Å²) in [4.78, 5) is 17.4. The molecule has 22 heavy (non-hydrogen) atoms. The molecule has 118 valence electrons. The molecule has 0 saturated carbocycles. The Bertz CT molecular complexity index is 657. The number of nitrogens with zero attached hydrogens (tertiary/aromatic N) is 1. The van der Waals surface area contributed by atoms with Crippen LogP contribution in [0.5, 0.6) is 0 Å². The SMILES string of the molecule is CCCc1nc(C)c(CNC(=O)[C@@H](O)c2cccc(F)c2)s1. The highest BCUT2D eigenvalue weighted by Gasteiger charge is 2.18. The number of nitrogens with one attached hydrogen (secondary N) is 1. The second kappa shape index (κ2) is 7.47. The zero-order valence-corrected chi connectivity index (χ0v) is 13.4. The Labute approximate surface area is 133 Å². The number of amides is 1. The topological polar surface area (TPSA) is 62.2 Å². The predicted octanol–water partition coefficient (Wildman–Crippen LogP) is 2.89. The van der Waals surface area contributed by atoms with Crippen molar-refractivity contribution in [2.24, 2.45) is 0 Å². The first-order valence-electron chi connectivity index (χ1n) is 7.17. The second-order valence-corrected chi connectivity index (χ2v) is 6.21. The molecule has 0 saturated heterocycles. The van der Waals surface area contributed by atoms with E-state index in [-0.39, 0.29) is 5.56 Å². The lowest BCUT2D eigenvalue weighted by atomic mass is 10.1. The Hall–Kier alpha value is -1.79. The van der Waals surface area contributed by atoms with Crippen LogP contribution < -0.4 is 5.32 Å². The Morgan fingerprint density at radius 3 is 2.95 bits per heavy atom. The largest absolute Gasteiger partial charge is 0.378 e. The summed E-state index contributed by atoms with van der Waals surface area (Å²) in [5, 5.41) is 13.7. The van der Waals surface area contributed by atoms with Crippen LogP contribution in [0.1, 0.15) is 40.6 Å². The second-order valence-electron chi connectivity index (χ2n) is 5.04. The van der Waals surface area contributed by atoms with E-state index in [0.29, 0.717) is 6.54 Å². The van der Waals surface area contributed by atoms with Crippen molar-refractivity contribution >= 4 is 17.2 Å². The number of aliphatic hydroxyl groups is 1. The van der Waals surface area contributed by atoms with Gasteiger partial charge in [0.25, 0.3) is 5.91 Å². The van der Waals surface area contributed by atoms with Crippen LogP contribution in [0.2, 0.25) is 0 Å². The monoisotopic (exact) mass is 322 g/mol. The number of aliphatic hydroxyl groups excluding tert-OH is 1. The minimum absolute atomic E-state index is 0.241. The van der Waals surface area contributed by atoms with Crippen LogP contribution in [0.15, 0.2) is 24.3 Å². The van der Waals surface area contributed by atoms with E-state index in [1.807, 2.05) is 6.92 Å². The van der Waals surface area contributed by atoms with Gasteiger partial charge in [0.2, 0.25) is 0 Å². The maximum absolute atomic E-state index is 13.1. The number of carbonyl (C=O) groups is 1. The van der Waals surface area contributed by atoms with Crippen molar-refractivity contribution in [3.05, 3.63) is 51.2 Å². The summed E-state index contributed by atoms with van der Waals surface area (Å²) in [6, 6.07) is 5.40. The van der Waals surface area contributed by atoms with Gasteiger partial charge in [-0.25, -0.2) is 9.37 Å². The van der Waals surface area contributed by atoms with Crippen LogP contribution in [0.3, 0.4) is 0 Å². The van der Waals surface area contributed by atoms with E-state index in [1.54, 1.807) is 11.3 Å². The third kappa shape index (κ3) is 4.11. The molecule has 1 aromatic heterocycles. The van der Waals surface area contributed by atoms with Crippen LogP contribution in [-0.2, 0) is 17.8 Å². The molecule has 2 rings (SSSR count). The number of aryl methyl sites for hydroxylation is 2. The van der Waals surface area contributed by atoms with E-state index in [4.69, 9.17) is 0 Å². The average molecular weight is 322 g/mol. The zero-order valence-electron chi connectivity index (χ0n) is 12.6. The Kier molecular flexibility index (Phi) is 5.63. The molecule has 6 heteroatoms. The maximum Gasteiger partial charge on any atom is 0.253 e. The smallest absolute Gasteiger partial charge is 0.253 e. The molecule has 0 unspecified atom stereocenters. The summed E-state index contributed by atoms with van der Waals surface area (Å²) in [5.74, 6) is -1.03. The van der Waals surface area contributed by atoms with Crippen molar-refractivity contribution in [1.29, 1.82) is 0 Å². The maximum atomic E-state index is 13.1. The molecule has 0 fully saturated rings. The van der Waals surface area contributed by atoms with Crippen LogP contribution in [0.25, 0.3) is 0 Å². The van der Waals surface area contributed by atoms with Crippen molar-refractivity contribution in [1.82, 2.24) is 10.3 Å². The first-order valence-corrected chi connectivity index (χ1v) is 7.99. The molecule has 2 aromatic rings. The van der Waals surface area contributed by atoms with Crippen molar-refractivity contribution in [3.63, 3.8) is 0 Å². The minimum Gasteiger partial charge on any atom is -0.378 e. The Balaban J connectivity index is 1.97. The standard InChI is InChI=1S/C16H19FN2O2S/c1-3-5-14-19-10(2)13(22-14)9-18-16(21)15(20)11-6-4-7-12(17)8-11/h4,6-8,15,20H,3,5,9H2,1-2H3,(H,18,21)/t15-/m0/s1. The normalized spacial score (nSPS) is 12.2. The van der Waals surface area contributed by atoms with Gasteiger partial charge in [0, 0.05) is 4.88 Å². The van der Waals surface area contributed by atoms with Crippen LogP contribution in [0, 0.1) is 12.7 Å². The first-order chi connectivity index (χ1) is 10.5. The molecular formula is C16H19FN2O2S. The fourth-order valence-corrected chi connectivity index (χ4v) is 3.18. The highest BCUT2D eigenvalue weighted by Crippen LogP contribution is 2.20. The van der Waals surface area contributed by atoms with E-state index in [0.717, 1.165) is 34.5 Å². The van der Waals surface area contributed by atoms with Crippen molar-refractivity contribution in [2.75, 3.05) is 0 Å². The molecule has 0 aliphatic rings. The number of halogens is 1. The van der Waals surface area contributed by atoms with Crippen molar-refractivity contribution < 1.29 is 14.3 Å². The molecule has 0 aliphatic carbocycles. The summed E-state index contributed by atoms with van der Waals surface area (Å²) in [7, 11) is 0. The fourth-order valence-electron chi connectivity index (χ4n) is 2.07. The highest BCUT2D eigenvalue weighted by molar-refractivity contribution is 7.11. The van der Waals surface area contributed by atoms with Gasteiger partial charge in [-0.15, -0.1) is 11.3 Å². The predicted molar refractivity (Wildman–Crippen MR) is 84.1 cm³/mol. The van der Waals surface area contributed by atoms with E-state index < -0.39 is 17.8 Å². The zero-order chi connectivity index (χ0) is 16.1. The molecule has 4 nitrogen and oxygen atoms in total. The molecule has 1 atom stereocenters. The number of hydrogen-bond donors (Lipinski definition) is 2. The molecule has 0 radical (unpaired) electrons. The molecule has 1 amide bonds. The van der Waals surface area contributed by atoms with Crippen LogP contribution >= 0.6 is 11.3 Å². The van der Waals surface area contributed by atoms with Gasteiger partial charge < -0.3 is 10.4 Å². The van der Waals surface area contributed by atoms with Gasteiger partial charge in [0.15, 0.2) is 6.10 Å². The average Bonchev–Trinajstić information content (AvgIpc) is 2.84. The van der Waals surface area contributed by atoms with Gasteiger partial charge >= 0.3 is 0 Å². The van der Waals surface area contributed by atoms with Crippen LogP contribution in [0.4, 0.5) is 4.39 Å². The van der Waals surface area contributed by atoms with E-state index >= 15 is 0 Å². The molecule has 1 heterocycles. The number of hydrogen-bond acceptors (Lipinski definition) is 4. The minimum atomic E-state index is -1.38. The summed E-state index contributed by atoms with van der Waals surface area (Å²) in [5.41, 5.74) is 1.14. The Morgan fingerprint density at radius 2 is 2.27 bits per heavy atom. The van der Waals surface area contributed by atoms with Gasteiger partial charge in [-0.2, -0.15) is 0 Å². The lowest BCUT2D eigenvalue weighted by Gasteiger charge is -2.11. The molecular weight excluding hydrogens is 303 g/mol. The quantitative estimate of drug-likeness (QED) is 0.859. The van der Waals surface area contributed by atoms with Gasteiger partial charge in [-0.05, 0) is 37.5 Å². The van der Waals surface area contributed by atoms with Gasteiger partial charge in [0.05, 0.1) is 17.2 Å². The van der Waals surface area contributed by atoms with Crippen LogP contribution in [-0.4, -0.2) is 16.0 Å². The van der Waals surface area contributed by atoms with E-state index in [2.05, 4.69) is 17.2 Å². The molecule has 0 aliphatic heterocycles. The fraction of sp³-hybridized carbons (Fsp3) is 0.375. The Morgan fingerprint density at radius 1 is 1.50 bits per heavy atom. The third-order valence-electron chi connectivity index (χ3n) is 3.24. The molecule has 2 N–H and O–H groups in total. The van der Waals surface area contributed by atoms with Gasteiger partial charge in [-0.3, -0.25) is 4.79 Å².